The lowest BCUT2D eigenvalue weighted by Gasteiger charge is -2.20. The van der Waals surface area contributed by atoms with Crippen molar-refractivity contribution in [3.63, 3.8) is 0 Å². The van der Waals surface area contributed by atoms with Gasteiger partial charge in [0.15, 0.2) is 6.20 Å². The van der Waals surface area contributed by atoms with Gasteiger partial charge in [-0.05, 0) is 36.3 Å². The summed E-state index contributed by atoms with van der Waals surface area (Å²) in [5.74, 6) is 5.29. The molecule has 4 N–H and O–H groups in total. The number of hydrogen-bond donors (Lipinski definition) is 3. The van der Waals surface area contributed by atoms with Gasteiger partial charge in [-0.3, -0.25) is 5.84 Å². The molecule has 0 spiro atoms. The van der Waals surface area contributed by atoms with E-state index in [0.717, 1.165) is 26.1 Å². The summed E-state index contributed by atoms with van der Waals surface area (Å²) in [6.07, 6.45) is 7.93. The van der Waals surface area contributed by atoms with Gasteiger partial charge in [0.05, 0.1) is 16.1 Å². The molecule has 0 radical (unpaired) electrons. The van der Waals surface area contributed by atoms with Crippen molar-refractivity contribution in [1.29, 1.82) is 0 Å². The molecule has 4 rings (SSSR count). The number of aryl methyl sites for hydroxylation is 1. The van der Waals surface area contributed by atoms with Crippen LogP contribution in [0.15, 0.2) is 70.7 Å². The van der Waals surface area contributed by atoms with Gasteiger partial charge in [-0.1, -0.05) is 49.4 Å². The van der Waals surface area contributed by atoms with Crippen LogP contribution in [-0.4, -0.2) is 13.1 Å². The maximum Gasteiger partial charge on any atom is 0.213 e. The summed E-state index contributed by atoms with van der Waals surface area (Å²) >= 11 is 1.87. The van der Waals surface area contributed by atoms with Gasteiger partial charge in [0.1, 0.15) is 6.54 Å². The zero-order chi connectivity index (χ0) is 20.8. The van der Waals surface area contributed by atoms with E-state index in [9.17, 15) is 0 Å². The Hall–Kier alpha value is -2.38. The lowest BCUT2D eigenvalue weighted by Crippen LogP contribution is -2.41. The van der Waals surface area contributed by atoms with Gasteiger partial charge in [0.25, 0.3) is 0 Å². The Balaban J connectivity index is 1.67. The molecule has 6 heteroatoms. The second-order valence-corrected chi connectivity index (χ2v) is 8.53. The van der Waals surface area contributed by atoms with Crippen molar-refractivity contribution < 1.29 is 4.57 Å². The van der Waals surface area contributed by atoms with E-state index in [1.54, 1.807) is 0 Å². The molecule has 0 bridgehead atoms. The van der Waals surface area contributed by atoms with E-state index in [2.05, 4.69) is 94.2 Å². The number of benzene rings is 2. The van der Waals surface area contributed by atoms with Crippen LogP contribution in [0.1, 0.15) is 31.7 Å². The summed E-state index contributed by atoms with van der Waals surface area (Å²) in [4.78, 5) is 3.82. The second-order valence-electron chi connectivity index (χ2n) is 7.46. The quantitative estimate of drug-likeness (QED) is 0.210. The van der Waals surface area contributed by atoms with Gasteiger partial charge in [-0.2, -0.15) is 10.1 Å². The van der Waals surface area contributed by atoms with E-state index < -0.39 is 0 Å². The number of nitrogens with one attached hydrogen (secondary N) is 2. The van der Waals surface area contributed by atoms with Crippen molar-refractivity contribution in [2.75, 3.05) is 18.0 Å². The number of rotatable bonds is 9. The van der Waals surface area contributed by atoms with E-state index in [0.29, 0.717) is 0 Å². The molecule has 0 amide bonds. The summed E-state index contributed by atoms with van der Waals surface area (Å²) in [6, 6.07) is 19.6. The molecule has 1 aromatic heterocycles. The third-order valence-corrected chi connectivity index (χ3v) is 6.52. The molecule has 1 aliphatic rings. The number of para-hydroxylation sites is 2. The van der Waals surface area contributed by atoms with Crippen LogP contribution in [0.5, 0.6) is 0 Å². The first-order chi connectivity index (χ1) is 14.8. The molecule has 156 valence electrons. The van der Waals surface area contributed by atoms with Gasteiger partial charge < -0.3 is 4.90 Å². The molecule has 5 nitrogen and oxygen atoms in total. The SMILES string of the molecule is CCCCN1/C(=C/c2cc[n+](CCCNNN)c3ccccc23)Sc2ccccc21. The van der Waals surface area contributed by atoms with Gasteiger partial charge in [-0.15, -0.1) is 0 Å². The largest absolute Gasteiger partial charge is 0.335 e. The lowest BCUT2D eigenvalue weighted by atomic mass is 10.1. The molecule has 3 aromatic rings. The van der Waals surface area contributed by atoms with E-state index in [4.69, 9.17) is 5.84 Å². The molecule has 2 heterocycles. The number of anilines is 1. The fraction of sp³-hybridized carbons (Fsp3) is 0.292. The molecular weight excluding hydrogens is 390 g/mol. The summed E-state index contributed by atoms with van der Waals surface area (Å²) in [5, 5.41) is 2.59. The highest BCUT2D eigenvalue weighted by atomic mass is 32.2. The number of aromatic nitrogens is 1. The zero-order valence-electron chi connectivity index (χ0n) is 17.5. The van der Waals surface area contributed by atoms with Crippen molar-refractivity contribution in [3.8, 4) is 0 Å². The summed E-state index contributed by atoms with van der Waals surface area (Å²) in [5.41, 5.74) is 9.30. The van der Waals surface area contributed by atoms with Crippen LogP contribution in [0.2, 0.25) is 0 Å². The molecule has 1 aliphatic heterocycles. The summed E-state index contributed by atoms with van der Waals surface area (Å²) < 4.78 is 2.32. The Morgan fingerprint density at radius 2 is 1.90 bits per heavy atom. The molecule has 0 fully saturated rings. The van der Waals surface area contributed by atoms with Gasteiger partial charge in [0, 0.05) is 36.5 Å². The predicted molar refractivity (Wildman–Crippen MR) is 127 cm³/mol. The Bertz CT molecular complexity index is 1030. The predicted octanol–water partition coefficient (Wildman–Crippen LogP) is 4.20. The first-order valence-electron chi connectivity index (χ1n) is 10.7. The second kappa shape index (κ2) is 10.1. The van der Waals surface area contributed by atoms with Crippen LogP contribution in [0, 0.1) is 0 Å². The molecule has 0 saturated carbocycles. The summed E-state index contributed by atoms with van der Waals surface area (Å²) in [6.45, 7) is 5.07. The topological polar surface area (TPSA) is 57.2 Å². The lowest BCUT2D eigenvalue weighted by molar-refractivity contribution is -0.671. The van der Waals surface area contributed by atoms with Gasteiger partial charge >= 0.3 is 0 Å². The molecule has 0 aliphatic carbocycles. The smallest absolute Gasteiger partial charge is 0.213 e. The number of hydrogen-bond acceptors (Lipinski definition) is 5. The number of thioether (sulfide) groups is 1. The minimum atomic E-state index is 0.824. The van der Waals surface area contributed by atoms with Gasteiger partial charge in [-0.25, -0.2) is 5.43 Å². The molecular formula is C24H30N5S+. The number of hydrazine groups is 2. The monoisotopic (exact) mass is 420 g/mol. The van der Waals surface area contributed by atoms with Crippen molar-refractivity contribution in [1.82, 2.24) is 11.0 Å². The van der Waals surface area contributed by atoms with Crippen LogP contribution < -0.4 is 26.3 Å². The first kappa shape index (κ1) is 20.9. The Kier molecular flexibility index (Phi) is 7.02. The average Bonchev–Trinajstić information content (AvgIpc) is 3.13. The third-order valence-electron chi connectivity index (χ3n) is 5.41. The first-order valence-corrected chi connectivity index (χ1v) is 11.5. The van der Waals surface area contributed by atoms with E-state index in [1.165, 1.54) is 44.9 Å². The molecule has 0 atom stereocenters. The highest BCUT2D eigenvalue weighted by molar-refractivity contribution is 8.03. The number of fused-ring (bicyclic) bond motifs is 2. The van der Waals surface area contributed by atoms with Crippen molar-refractivity contribution in [2.24, 2.45) is 5.84 Å². The Morgan fingerprint density at radius 1 is 1.07 bits per heavy atom. The van der Waals surface area contributed by atoms with Crippen LogP contribution in [-0.2, 0) is 6.54 Å². The number of pyridine rings is 1. The highest BCUT2D eigenvalue weighted by Gasteiger charge is 2.24. The van der Waals surface area contributed by atoms with Crippen molar-refractivity contribution in [3.05, 3.63) is 71.4 Å². The van der Waals surface area contributed by atoms with Crippen LogP contribution >= 0.6 is 11.8 Å². The number of nitrogens with zero attached hydrogens (tertiary/aromatic N) is 2. The molecule has 2 aromatic carbocycles. The number of nitrogens with two attached hydrogens (primary N) is 1. The zero-order valence-corrected chi connectivity index (χ0v) is 18.3. The minimum absolute atomic E-state index is 0.824. The normalized spacial score (nSPS) is 14.6. The molecule has 30 heavy (non-hydrogen) atoms. The van der Waals surface area contributed by atoms with Crippen molar-refractivity contribution in [2.45, 2.75) is 37.6 Å². The van der Waals surface area contributed by atoms with Gasteiger partial charge in [0.2, 0.25) is 5.52 Å². The third kappa shape index (κ3) is 4.52. The van der Waals surface area contributed by atoms with E-state index in [1.807, 2.05) is 11.8 Å². The molecule has 0 unspecified atom stereocenters. The van der Waals surface area contributed by atoms with Crippen LogP contribution in [0.4, 0.5) is 5.69 Å². The standard InChI is InChI=1S/C24H30N5S/c1-2-3-16-29-22-11-6-7-12-23(22)30-24(29)18-19-13-17-28(15-8-14-26-27-25)21-10-5-4-9-20(19)21/h4-7,9-13,17-18,26-27H,2-3,8,14-16,25H2,1H3/q+1. The van der Waals surface area contributed by atoms with E-state index in [-0.39, 0.29) is 0 Å². The maximum absolute atomic E-state index is 5.29. The maximum atomic E-state index is 5.29. The fourth-order valence-corrected chi connectivity index (χ4v) is 5.02. The minimum Gasteiger partial charge on any atom is -0.335 e. The summed E-state index contributed by atoms with van der Waals surface area (Å²) in [7, 11) is 0. The fourth-order valence-electron chi connectivity index (χ4n) is 3.88. The van der Waals surface area contributed by atoms with Crippen LogP contribution in [0.25, 0.3) is 17.0 Å². The van der Waals surface area contributed by atoms with Crippen molar-refractivity contribution >= 4 is 34.4 Å². The Morgan fingerprint density at radius 3 is 2.77 bits per heavy atom. The van der Waals surface area contributed by atoms with Crippen LogP contribution in [0.3, 0.4) is 0 Å². The average molecular weight is 421 g/mol. The highest BCUT2D eigenvalue weighted by Crippen LogP contribution is 2.46. The molecule has 0 saturated heterocycles. The van der Waals surface area contributed by atoms with E-state index >= 15 is 0 Å². The Labute approximate surface area is 182 Å². The number of unbranched alkanes of at least 4 members (excludes halogenated alkanes) is 1.